The third-order valence-corrected chi connectivity index (χ3v) is 1.81. The Bertz CT molecular complexity index is 473. The predicted octanol–water partition coefficient (Wildman–Crippen LogP) is 1.00. The summed E-state index contributed by atoms with van der Waals surface area (Å²) in [5.74, 6) is 0. The highest BCUT2D eigenvalue weighted by atomic mass is 16.1. The van der Waals surface area contributed by atoms with Crippen LogP contribution in [0, 0.1) is 6.92 Å². The summed E-state index contributed by atoms with van der Waals surface area (Å²) >= 11 is 0. The van der Waals surface area contributed by atoms with Crippen molar-refractivity contribution in [1.29, 1.82) is 0 Å². The molecule has 0 fully saturated rings. The maximum Gasteiger partial charge on any atom is 0.257 e. The van der Waals surface area contributed by atoms with Crippen molar-refractivity contribution in [2.24, 2.45) is 0 Å². The highest BCUT2D eigenvalue weighted by Crippen LogP contribution is 2.02. The maximum absolute atomic E-state index is 11.3. The number of nitrogens with zero attached hydrogens (tertiary/aromatic N) is 2. The van der Waals surface area contributed by atoms with E-state index in [9.17, 15) is 4.79 Å². The smallest absolute Gasteiger partial charge is 0.257 e. The molecule has 0 radical (unpaired) electrons. The second kappa shape index (κ2) is 2.44. The van der Waals surface area contributed by atoms with Gasteiger partial charge in [-0.15, -0.1) is 0 Å². The van der Waals surface area contributed by atoms with Gasteiger partial charge < -0.3 is 0 Å². The number of rotatable bonds is 0. The predicted molar refractivity (Wildman–Crippen MR) is 46.2 cm³/mol. The zero-order chi connectivity index (χ0) is 8.55. The Hall–Kier alpha value is -1.64. The van der Waals surface area contributed by atoms with E-state index < -0.39 is 0 Å². The Morgan fingerprint density at radius 1 is 1.42 bits per heavy atom. The summed E-state index contributed by atoms with van der Waals surface area (Å²) in [6.07, 6.45) is 3.25. The van der Waals surface area contributed by atoms with Crippen molar-refractivity contribution in [3.63, 3.8) is 0 Å². The monoisotopic (exact) mass is 160 g/mol. The fraction of sp³-hybridized carbons (Fsp3) is 0.111. The Morgan fingerprint density at radius 2 is 2.25 bits per heavy atom. The first-order valence-corrected chi connectivity index (χ1v) is 3.72. The fourth-order valence-corrected chi connectivity index (χ4v) is 1.20. The molecule has 0 aliphatic rings. The van der Waals surface area contributed by atoms with Crippen molar-refractivity contribution in [3.8, 4) is 0 Å². The molecule has 0 unspecified atom stereocenters. The van der Waals surface area contributed by atoms with Crippen molar-refractivity contribution >= 4 is 5.65 Å². The summed E-state index contributed by atoms with van der Waals surface area (Å²) in [6.45, 7) is 1.93. The van der Waals surface area contributed by atoms with Crippen molar-refractivity contribution in [2.45, 2.75) is 6.92 Å². The summed E-state index contributed by atoms with van der Waals surface area (Å²) in [7, 11) is 0. The molecule has 0 saturated heterocycles. The third-order valence-electron chi connectivity index (χ3n) is 1.81. The van der Waals surface area contributed by atoms with Gasteiger partial charge in [0.15, 0.2) is 0 Å². The summed E-state index contributed by atoms with van der Waals surface area (Å²) in [6, 6.07) is 5.22. The molecular formula is C9H8N2O. The average Bonchev–Trinajstić information content (AvgIpc) is 2.07. The van der Waals surface area contributed by atoms with E-state index in [1.165, 1.54) is 16.7 Å². The lowest BCUT2D eigenvalue weighted by Crippen LogP contribution is -2.12. The molecule has 0 atom stereocenters. The normalized spacial score (nSPS) is 10.4. The summed E-state index contributed by atoms with van der Waals surface area (Å²) < 4.78 is 1.54. The Kier molecular flexibility index (Phi) is 1.43. The Labute approximate surface area is 69.3 Å². The minimum atomic E-state index is -0.0382. The molecule has 12 heavy (non-hydrogen) atoms. The molecule has 2 heterocycles. The molecule has 0 amide bonds. The Morgan fingerprint density at radius 3 is 3.00 bits per heavy atom. The van der Waals surface area contributed by atoms with E-state index in [0.717, 1.165) is 11.2 Å². The van der Waals surface area contributed by atoms with E-state index in [0.29, 0.717) is 0 Å². The number of aryl methyl sites for hydroxylation is 1. The van der Waals surface area contributed by atoms with E-state index in [4.69, 9.17) is 0 Å². The van der Waals surface area contributed by atoms with Gasteiger partial charge in [-0.1, -0.05) is 6.07 Å². The molecule has 0 bridgehead atoms. The second-order valence-electron chi connectivity index (χ2n) is 2.67. The fourth-order valence-electron chi connectivity index (χ4n) is 1.20. The second-order valence-corrected chi connectivity index (χ2v) is 2.67. The number of fused-ring (bicyclic) bond motifs is 1. The summed E-state index contributed by atoms with van der Waals surface area (Å²) in [5.41, 5.74) is 1.70. The molecule has 2 aromatic rings. The van der Waals surface area contributed by atoms with Gasteiger partial charge in [-0.2, -0.15) is 0 Å². The average molecular weight is 160 g/mol. The van der Waals surface area contributed by atoms with Crippen LogP contribution >= 0.6 is 0 Å². The molecule has 0 saturated carbocycles. The highest BCUT2D eigenvalue weighted by Gasteiger charge is 1.96. The SMILES string of the molecule is Cc1cccn2c(=O)ccnc12. The molecular weight excluding hydrogens is 152 g/mol. The molecule has 0 spiro atoms. The van der Waals surface area contributed by atoms with Crippen LogP contribution in [0.2, 0.25) is 0 Å². The van der Waals surface area contributed by atoms with Gasteiger partial charge in [0.1, 0.15) is 5.65 Å². The third kappa shape index (κ3) is 0.906. The minimum Gasteiger partial charge on any atom is -0.269 e. The molecule has 60 valence electrons. The van der Waals surface area contributed by atoms with Crippen LogP contribution in [0.15, 0.2) is 35.4 Å². The maximum atomic E-state index is 11.3. The molecule has 2 aromatic heterocycles. The lowest BCUT2D eigenvalue weighted by molar-refractivity contribution is 1.03. The van der Waals surface area contributed by atoms with Gasteiger partial charge in [0.05, 0.1) is 0 Å². The van der Waals surface area contributed by atoms with Gasteiger partial charge in [-0.3, -0.25) is 9.20 Å². The van der Waals surface area contributed by atoms with Gasteiger partial charge in [0.25, 0.3) is 5.56 Å². The zero-order valence-corrected chi connectivity index (χ0v) is 6.69. The minimum absolute atomic E-state index is 0.0382. The zero-order valence-electron chi connectivity index (χ0n) is 6.69. The van der Waals surface area contributed by atoms with Crippen LogP contribution in [0.1, 0.15) is 5.56 Å². The molecule has 0 aromatic carbocycles. The summed E-state index contributed by atoms with van der Waals surface area (Å²) in [5, 5.41) is 0. The molecule has 0 N–H and O–H groups in total. The van der Waals surface area contributed by atoms with Crippen LogP contribution < -0.4 is 5.56 Å². The number of pyridine rings is 1. The molecule has 3 heteroatoms. The highest BCUT2D eigenvalue weighted by molar-refractivity contribution is 5.45. The molecule has 3 nitrogen and oxygen atoms in total. The van der Waals surface area contributed by atoms with Gasteiger partial charge in [0.2, 0.25) is 0 Å². The van der Waals surface area contributed by atoms with E-state index >= 15 is 0 Å². The van der Waals surface area contributed by atoms with Crippen molar-refractivity contribution < 1.29 is 0 Å². The standard InChI is InChI=1S/C9H8N2O/c1-7-3-2-6-11-8(12)4-5-10-9(7)11/h2-6H,1H3. The lowest BCUT2D eigenvalue weighted by Gasteiger charge is -1.99. The lowest BCUT2D eigenvalue weighted by atomic mass is 10.3. The van der Waals surface area contributed by atoms with Gasteiger partial charge in [0, 0.05) is 18.5 Å². The molecule has 2 rings (SSSR count). The first-order valence-electron chi connectivity index (χ1n) is 3.72. The van der Waals surface area contributed by atoms with E-state index in [2.05, 4.69) is 4.98 Å². The first kappa shape index (κ1) is 7.03. The van der Waals surface area contributed by atoms with Crippen LogP contribution in [-0.2, 0) is 0 Å². The van der Waals surface area contributed by atoms with Crippen LogP contribution in [0.4, 0.5) is 0 Å². The van der Waals surface area contributed by atoms with E-state index in [1.807, 2.05) is 19.1 Å². The topological polar surface area (TPSA) is 34.4 Å². The number of hydrogen-bond donors (Lipinski definition) is 0. The summed E-state index contributed by atoms with van der Waals surface area (Å²) in [4.78, 5) is 15.4. The first-order chi connectivity index (χ1) is 5.79. The van der Waals surface area contributed by atoms with Crippen molar-refractivity contribution in [3.05, 3.63) is 46.5 Å². The van der Waals surface area contributed by atoms with Crippen LogP contribution in [0.5, 0.6) is 0 Å². The number of hydrogen-bond acceptors (Lipinski definition) is 2. The van der Waals surface area contributed by atoms with Crippen LogP contribution in [0.25, 0.3) is 5.65 Å². The van der Waals surface area contributed by atoms with Gasteiger partial charge in [-0.25, -0.2) is 4.98 Å². The van der Waals surface area contributed by atoms with Crippen LogP contribution in [0.3, 0.4) is 0 Å². The largest absolute Gasteiger partial charge is 0.269 e. The van der Waals surface area contributed by atoms with E-state index in [1.54, 1.807) is 6.20 Å². The van der Waals surface area contributed by atoms with Crippen LogP contribution in [-0.4, -0.2) is 9.38 Å². The van der Waals surface area contributed by atoms with Gasteiger partial charge >= 0.3 is 0 Å². The quantitative estimate of drug-likeness (QED) is 0.576. The molecule has 0 aliphatic heterocycles. The van der Waals surface area contributed by atoms with Crippen molar-refractivity contribution in [2.75, 3.05) is 0 Å². The number of aromatic nitrogens is 2. The molecule has 0 aliphatic carbocycles. The van der Waals surface area contributed by atoms with Crippen molar-refractivity contribution in [1.82, 2.24) is 9.38 Å². The Balaban J connectivity index is 3.05. The van der Waals surface area contributed by atoms with Gasteiger partial charge in [-0.05, 0) is 18.6 Å². The van der Waals surface area contributed by atoms with E-state index in [-0.39, 0.29) is 5.56 Å².